The Labute approximate surface area is 123 Å². The molecular weight excluding hydrogens is 248 g/mol. The molecule has 20 heavy (non-hydrogen) atoms. The molecule has 1 fully saturated rings. The van der Waals surface area contributed by atoms with Crippen LogP contribution in [0.2, 0.25) is 0 Å². The lowest BCUT2D eigenvalue weighted by Gasteiger charge is -2.40. The van der Waals surface area contributed by atoms with Gasteiger partial charge in [0, 0.05) is 51.6 Å². The highest BCUT2D eigenvalue weighted by molar-refractivity contribution is 5.53. The number of anilines is 1. The highest BCUT2D eigenvalue weighted by Gasteiger charge is 2.23. The van der Waals surface area contributed by atoms with Crippen molar-refractivity contribution < 1.29 is 4.74 Å². The van der Waals surface area contributed by atoms with Crippen LogP contribution in [0.25, 0.3) is 0 Å². The van der Waals surface area contributed by atoms with E-state index in [2.05, 4.69) is 47.9 Å². The van der Waals surface area contributed by atoms with Gasteiger partial charge in [-0.2, -0.15) is 0 Å². The summed E-state index contributed by atoms with van der Waals surface area (Å²) in [5.74, 6) is 0. The minimum Gasteiger partial charge on any atom is -0.385 e. The van der Waals surface area contributed by atoms with Crippen LogP contribution in [0, 0.1) is 6.92 Å². The molecule has 0 N–H and O–H groups in total. The van der Waals surface area contributed by atoms with E-state index in [1.807, 2.05) is 0 Å². The standard InChI is InChI=1S/C17H28N2O/c1-4-16(9-14-20-3)18-10-12-19(13-11-18)17-8-6-5-7-15(17)2/h5-8,16H,4,9-14H2,1-3H3. The summed E-state index contributed by atoms with van der Waals surface area (Å²) < 4.78 is 5.23. The number of methoxy groups -OCH3 is 1. The molecule has 0 aromatic heterocycles. The lowest BCUT2D eigenvalue weighted by molar-refractivity contribution is 0.122. The van der Waals surface area contributed by atoms with Gasteiger partial charge in [0.25, 0.3) is 0 Å². The number of rotatable bonds is 6. The largest absolute Gasteiger partial charge is 0.385 e. The minimum absolute atomic E-state index is 0.675. The molecule has 112 valence electrons. The first-order valence-corrected chi connectivity index (χ1v) is 7.79. The van der Waals surface area contributed by atoms with Crippen molar-refractivity contribution in [3.05, 3.63) is 29.8 Å². The van der Waals surface area contributed by atoms with Crippen molar-refractivity contribution in [3.63, 3.8) is 0 Å². The fourth-order valence-electron chi connectivity index (χ4n) is 3.14. The van der Waals surface area contributed by atoms with E-state index in [9.17, 15) is 0 Å². The van der Waals surface area contributed by atoms with E-state index in [0.717, 1.165) is 39.2 Å². The highest BCUT2D eigenvalue weighted by atomic mass is 16.5. The van der Waals surface area contributed by atoms with Gasteiger partial charge in [0.15, 0.2) is 0 Å². The smallest absolute Gasteiger partial charge is 0.0477 e. The Morgan fingerprint density at radius 2 is 1.85 bits per heavy atom. The van der Waals surface area contributed by atoms with Gasteiger partial charge in [-0.3, -0.25) is 4.90 Å². The fourth-order valence-corrected chi connectivity index (χ4v) is 3.14. The van der Waals surface area contributed by atoms with E-state index < -0.39 is 0 Å². The third kappa shape index (κ3) is 3.74. The number of hydrogen-bond donors (Lipinski definition) is 0. The second-order valence-electron chi connectivity index (χ2n) is 5.65. The summed E-state index contributed by atoms with van der Waals surface area (Å²) in [5, 5.41) is 0. The molecule has 0 spiro atoms. The van der Waals surface area contributed by atoms with Crippen molar-refractivity contribution in [3.8, 4) is 0 Å². The molecule has 1 unspecified atom stereocenters. The monoisotopic (exact) mass is 276 g/mol. The Hall–Kier alpha value is -1.06. The minimum atomic E-state index is 0.675. The quantitative estimate of drug-likeness (QED) is 0.794. The van der Waals surface area contributed by atoms with E-state index in [0.29, 0.717) is 6.04 Å². The third-order valence-electron chi connectivity index (χ3n) is 4.41. The van der Waals surface area contributed by atoms with Gasteiger partial charge in [0.2, 0.25) is 0 Å². The summed E-state index contributed by atoms with van der Waals surface area (Å²) in [4.78, 5) is 5.16. The average molecular weight is 276 g/mol. The number of hydrogen-bond acceptors (Lipinski definition) is 3. The van der Waals surface area contributed by atoms with Crippen molar-refractivity contribution in [1.82, 2.24) is 4.90 Å². The molecule has 2 rings (SSSR count). The molecule has 3 nitrogen and oxygen atoms in total. The summed E-state index contributed by atoms with van der Waals surface area (Å²) in [6.45, 7) is 9.95. The Balaban J connectivity index is 1.90. The molecule has 1 aromatic rings. The summed E-state index contributed by atoms with van der Waals surface area (Å²) in [5.41, 5.74) is 2.78. The maximum absolute atomic E-state index is 5.23. The molecule has 1 atom stereocenters. The summed E-state index contributed by atoms with van der Waals surface area (Å²) in [7, 11) is 1.79. The van der Waals surface area contributed by atoms with Crippen LogP contribution in [0.5, 0.6) is 0 Å². The molecule has 0 amide bonds. The fraction of sp³-hybridized carbons (Fsp3) is 0.647. The van der Waals surface area contributed by atoms with Gasteiger partial charge >= 0.3 is 0 Å². The molecule has 1 aromatic carbocycles. The topological polar surface area (TPSA) is 15.7 Å². The Morgan fingerprint density at radius 1 is 1.15 bits per heavy atom. The van der Waals surface area contributed by atoms with E-state index in [4.69, 9.17) is 4.74 Å². The van der Waals surface area contributed by atoms with E-state index in [1.54, 1.807) is 7.11 Å². The zero-order valence-electron chi connectivity index (χ0n) is 13.1. The number of ether oxygens (including phenoxy) is 1. The Kier molecular flexibility index (Phi) is 5.86. The lowest BCUT2D eigenvalue weighted by Crippen LogP contribution is -2.50. The number of para-hydroxylation sites is 1. The van der Waals surface area contributed by atoms with E-state index >= 15 is 0 Å². The third-order valence-corrected chi connectivity index (χ3v) is 4.41. The molecule has 0 bridgehead atoms. The average Bonchev–Trinajstić information content (AvgIpc) is 2.49. The van der Waals surface area contributed by atoms with Gasteiger partial charge in [0.1, 0.15) is 0 Å². The molecule has 1 heterocycles. The highest BCUT2D eigenvalue weighted by Crippen LogP contribution is 2.22. The van der Waals surface area contributed by atoms with Crippen LogP contribution in [0.4, 0.5) is 5.69 Å². The van der Waals surface area contributed by atoms with Crippen molar-refractivity contribution >= 4 is 5.69 Å². The maximum Gasteiger partial charge on any atom is 0.0477 e. The number of aryl methyl sites for hydroxylation is 1. The van der Waals surface area contributed by atoms with Crippen LogP contribution in [0.1, 0.15) is 25.3 Å². The number of nitrogens with zero attached hydrogens (tertiary/aromatic N) is 2. The second-order valence-corrected chi connectivity index (χ2v) is 5.65. The Bertz CT molecular complexity index is 400. The van der Waals surface area contributed by atoms with Crippen molar-refractivity contribution in [1.29, 1.82) is 0 Å². The predicted molar refractivity (Wildman–Crippen MR) is 85.5 cm³/mol. The van der Waals surface area contributed by atoms with Crippen LogP contribution < -0.4 is 4.90 Å². The maximum atomic E-state index is 5.23. The SMILES string of the molecule is CCC(CCOC)N1CCN(c2ccccc2C)CC1. The first kappa shape index (κ1) is 15.3. The first-order valence-electron chi connectivity index (χ1n) is 7.79. The van der Waals surface area contributed by atoms with E-state index in [-0.39, 0.29) is 0 Å². The molecule has 1 aliphatic rings. The summed E-state index contributed by atoms with van der Waals surface area (Å²) in [6, 6.07) is 9.38. The van der Waals surface area contributed by atoms with Gasteiger partial charge in [-0.1, -0.05) is 25.1 Å². The van der Waals surface area contributed by atoms with Gasteiger partial charge in [-0.15, -0.1) is 0 Å². The normalized spacial score (nSPS) is 18.2. The van der Waals surface area contributed by atoms with Gasteiger partial charge < -0.3 is 9.64 Å². The molecule has 0 saturated carbocycles. The number of benzene rings is 1. The van der Waals surface area contributed by atoms with Crippen LogP contribution in [-0.2, 0) is 4.74 Å². The van der Waals surface area contributed by atoms with Crippen LogP contribution >= 0.6 is 0 Å². The van der Waals surface area contributed by atoms with Crippen molar-refractivity contribution in [2.45, 2.75) is 32.7 Å². The van der Waals surface area contributed by atoms with Crippen LogP contribution in [0.3, 0.4) is 0 Å². The molecular formula is C17H28N2O. The summed E-state index contributed by atoms with van der Waals surface area (Å²) >= 11 is 0. The number of piperazine rings is 1. The zero-order chi connectivity index (χ0) is 14.4. The van der Waals surface area contributed by atoms with Crippen LogP contribution in [-0.4, -0.2) is 50.8 Å². The molecule has 1 saturated heterocycles. The zero-order valence-corrected chi connectivity index (χ0v) is 13.1. The molecule has 1 aliphatic heterocycles. The van der Waals surface area contributed by atoms with Crippen molar-refractivity contribution in [2.24, 2.45) is 0 Å². The molecule has 0 aliphatic carbocycles. The first-order chi connectivity index (χ1) is 9.76. The summed E-state index contributed by atoms with van der Waals surface area (Å²) in [6.07, 6.45) is 2.37. The van der Waals surface area contributed by atoms with Crippen molar-refractivity contribution in [2.75, 3.05) is 44.8 Å². The van der Waals surface area contributed by atoms with Gasteiger partial charge in [0.05, 0.1) is 0 Å². The lowest BCUT2D eigenvalue weighted by atomic mass is 10.1. The molecule has 3 heteroatoms. The van der Waals surface area contributed by atoms with Gasteiger partial charge in [-0.05, 0) is 31.4 Å². The molecule has 0 radical (unpaired) electrons. The van der Waals surface area contributed by atoms with E-state index in [1.165, 1.54) is 17.7 Å². The van der Waals surface area contributed by atoms with Crippen LogP contribution in [0.15, 0.2) is 24.3 Å². The van der Waals surface area contributed by atoms with Gasteiger partial charge in [-0.25, -0.2) is 0 Å². The second kappa shape index (κ2) is 7.65. The Morgan fingerprint density at radius 3 is 2.45 bits per heavy atom. The predicted octanol–water partition coefficient (Wildman–Crippen LogP) is 2.93.